The van der Waals surface area contributed by atoms with Crippen molar-refractivity contribution in [1.82, 2.24) is 14.7 Å². The van der Waals surface area contributed by atoms with Crippen LogP contribution in [0, 0.1) is 5.41 Å². The fourth-order valence-electron chi connectivity index (χ4n) is 3.19. The number of likely N-dealkylation sites (tertiary alicyclic amines) is 1. The largest absolute Gasteiger partial charge is 0.481 e. The third-order valence-corrected chi connectivity index (χ3v) is 4.64. The van der Waals surface area contributed by atoms with E-state index in [4.69, 9.17) is 0 Å². The standard InChI is InChI=1S/C18H21N3O3/c1-18(17(23)24)8-4-10-20(13-18)16(22)15-7-3-2-6-14(15)12-21-11-5-9-19-21/h2-3,5-7,9,11H,4,8,10,12-13H2,1H3,(H,23,24). The average Bonchev–Trinajstić information content (AvgIpc) is 3.08. The first-order chi connectivity index (χ1) is 11.5. The van der Waals surface area contributed by atoms with Gasteiger partial charge in [0.1, 0.15) is 0 Å². The molecule has 1 aliphatic rings. The molecule has 1 atom stereocenters. The second-order valence-electron chi connectivity index (χ2n) is 6.56. The van der Waals surface area contributed by atoms with Crippen LogP contribution in [0.1, 0.15) is 35.7 Å². The third kappa shape index (κ3) is 3.18. The smallest absolute Gasteiger partial charge is 0.311 e. The summed E-state index contributed by atoms with van der Waals surface area (Å²) in [5.41, 5.74) is 0.627. The molecular weight excluding hydrogens is 306 g/mol. The molecule has 0 bridgehead atoms. The van der Waals surface area contributed by atoms with E-state index in [1.54, 1.807) is 28.8 Å². The lowest BCUT2D eigenvalue weighted by atomic mass is 9.82. The van der Waals surface area contributed by atoms with Gasteiger partial charge in [-0.1, -0.05) is 18.2 Å². The second-order valence-corrected chi connectivity index (χ2v) is 6.56. The number of hydrogen-bond donors (Lipinski definition) is 1. The number of piperidine rings is 1. The molecule has 0 aliphatic carbocycles. The molecule has 0 spiro atoms. The predicted molar refractivity (Wildman–Crippen MR) is 88.7 cm³/mol. The van der Waals surface area contributed by atoms with Gasteiger partial charge in [0.25, 0.3) is 5.91 Å². The highest BCUT2D eigenvalue weighted by atomic mass is 16.4. The number of amides is 1. The van der Waals surface area contributed by atoms with Gasteiger partial charge in [0.15, 0.2) is 0 Å². The van der Waals surface area contributed by atoms with Crippen LogP contribution in [0.5, 0.6) is 0 Å². The van der Waals surface area contributed by atoms with Crippen molar-refractivity contribution in [3.63, 3.8) is 0 Å². The van der Waals surface area contributed by atoms with Crippen LogP contribution in [0.15, 0.2) is 42.7 Å². The zero-order valence-corrected chi connectivity index (χ0v) is 13.7. The number of carboxylic acid groups (broad SMARTS) is 1. The van der Waals surface area contributed by atoms with Crippen LogP contribution >= 0.6 is 0 Å². The van der Waals surface area contributed by atoms with Gasteiger partial charge >= 0.3 is 5.97 Å². The zero-order chi connectivity index (χ0) is 17.2. The normalized spacial score (nSPS) is 20.8. The Morgan fingerprint density at radius 1 is 1.29 bits per heavy atom. The lowest BCUT2D eigenvalue weighted by molar-refractivity contribution is -0.150. The van der Waals surface area contributed by atoms with Crippen molar-refractivity contribution in [2.75, 3.05) is 13.1 Å². The number of rotatable bonds is 4. The van der Waals surface area contributed by atoms with Gasteiger partial charge in [0.2, 0.25) is 0 Å². The van der Waals surface area contributed by atoms with Gasteiger partial charge < -0.3 is 10.0 Å². The molecule has 0 saturated carbocycles. The quantitative estimate of drug-likeness (QED) is 0.934. The van der Waals surface area contributed by atoms with Crippen molar-refractivity contribution in [2.45, 2.75) is 26.3 Å². The molecule has 1 aromatic carbocycles. The van der Waals surface area contributed by atoms with E-state index in [0.717, 1.165) is 5.56 Å². The fraction of sp³-hybridized carbons (Fsp3) is 0.389. The summed E-state index contributed by atoms with van der Waals surface area (Å²) < 4.78 is 1.77. The number of carboxylic acids is 1. The molecule has 1 aromatic heterocycles. The molecule has 1 fully saturated rings. The predicted octanol–water partition coefficient (Wildman–Crippen LogP) is 2.26. The first-order valence-corrected chi connectivity index (χ1v) is 8.08. The molecule has 0 radical (unpaired) electrons. The summed E-state index contributed by atoms with van der Waals surface area (Å²) in [7, 11) is 0. The number of benzene rings is 1. The number of nitrogens with zero attached hydrogens (tertiary/aromatic N) is 3. The Bertz CT molecular complexity index is 742. The van der Waals surface area contributed by atoms with Crippen LogP contribution in [0.25, 0.3) is 0 Å². The lowest BCUT2D eigenvalue weighted by Gasteiger charge is -2.37. The molecule has 1 N–H and O–H groups in total. The summed E-state index contributed by atoms with van der Waals surface area (Å²) in [5, 5.41) is 13.6. The van der Waals surface area contributed by atoms with Crippen LogP contribution < -0.4 is 0 Å². The molecule has 24 heavy (non-hydrogen) atoms. The highest BCUT2D eigenvalue weighted by Crippen LogP contribution is 2.30. The van der Waals surface area contributed by atoms with E-state index < -0.39 is 11.4 Å². The molecular formula is C18H21N3O3. The molecule has 1 amide bonds. The topological polar surface area (TPSA) is 75.4 Å². The minimum Gasteiger partial charge on any atom is -0.481 e. The van der Waals surface area contributed by atoms with Crippen LogP contribution in [0.3, 0.4) is 0 Å². The Morgan fingerprint density at radius 2 is 2.08 bits per heavy atom. The van der Waals surface area contributed by atoms with E-state index in [-0.39, 0.29) is 12.5 Å². The number of hydrogen-bond acceptors (Lipinski definition) is 3. The van der Waals surface area contributed by atoms with Crippen molar-refractivity contribution < 1.29 is 14.7 Å². The zero-order valence-electron chi connectivity index (χ0n) is 13.7. The minimum atomic E-state index is -0.870. The Kier molecular flexibility index (Phi) is 4.38. The molecule has 1 saturated heterocycles. The van der Waals surface area contributed by atoms with Gasteiger partial charge in [-0.2, -0.15) is 5.10 Å². The Morgan fingerprint density at radius 3 is 2.79 bits per heavy atom. The highest BCUT2D eigenvalue weighted by molar-refractivity contribution is 5.96. The Hall–Kier alpha value is -2.63. The van der Waals surface area contributed by atoms with Crippen molar-refractivity contribution in [3.05, 3.63) is 53.9 Å². The number of carbonyl (C=O) groups excluding carboxylic acids is 1. The molecule has 2 aromatic rings. The maximum absolute atomic E-state index is 13.0. The van der Waals surface area contributed by atoms with Crippen LogP contribution in [-0.4, -0.2) is 44.8 Å². The summed E-state index contributed by atoms with van der Waals surface area (Å²) in [6, 6.07) is 9.28. The molecule has 1 aliphatic heterocycles. The average molecular weight is 327 g/mol. The van der Waals surface area contributed by atoms with E-state index in [1.165, 1.54) is 0 Å². The summed E-state index contributed by atoms with van der Waals surface area (Å²) >= 11 is 0. The van der Waals surface area contributed by atoms with Crippen LogP contribution in [0.2, 0.25) is 0 Å². The van der Waals surface area contributed by atoms with Crippen LogP contribution in [0.4, 0.5) is 0 Å². The third-order valence-electron chi connectivity index (χ3n) is 4.64. The van der Waals surface area contributed by atoms with Gasteiger partial charge in [0.05, 0.1) is 12.0 Å². The summed E-state index contributed by atoms with van der Waals surface area (Å²) in [6.45, 7) is 3.07. The van der Waals surface area contributed by atoms with E-state index in [2.05, 4.69) is 5.10 Å². The second kappa shape index (κ2) is 6.47. The first-order valence-electron chi connectivity index (χ1n) is 8.08. The SMILES string of the molecule is CC1(C(=O)O)CCCN(C(=O)c2ccccc2Cn2cccn2)C1. The van der Waals surface area contributed by atoms with E-state index in [9.17, 15) is 14.7 Å². The van der Waals surface area contributed by atoms with Gasteiger partial charge in [-0.25, -0.2) is 0 Å². The molecule has 2 heterocycles. The molecule has 6 heteroatoms. The number of aliphatic carboxylic acids is 1. The van der Waals surface area contributed by atoms with Crippen molar-refractivity contribution in [2.24, 2.45) is 5.41 Å². The number of aromatic nitrogens is 2. The van der Waals surface area contributed by atoms with E-state index in [0.29, 0.717) is 31.5 Å². The minimum absolute atomic E-state index is 0.107. The summed E-state index contributed by atoms with van der Waals surface area (Å²) in [5.74, 6) is -0.949. The molecule has 3 rings (SSSR count). The van der Waals surface area contributed by atoms with Crippen molar-refractivity contribution >= 4 is 11.9 Å². The lowest BCUT2D eigenvalue weighted by Crippen LogP contribution is -2.48. The van der Waals surface area contributed by atoms with Crippen molar-refractivity contribution in [1.29, 1.82) is 0 Å². The van der Waals surface area contributed by atoms with Crippen LogP contribution in [-0.2, 0) is 11.3 Å². The summed E-state index contributed by atoms with van der Waals surface area (Å²) in [4.78, 5) is 26.1. The monoisotopic (exact) mass is 327 g/mol. The van der Waals surface area contributed by atoms with Crippen molar-refractivity contribution in [3.8, 4) is 0 Å². The van der Waals surface area contributed by atoms with Gasteiger partial charge in [0, 0.05) is 31.0 Å². The molecule has 126 valence electrons. The maximum Gasteiger partial charge on any atom is 0.311 e. The Balaban J connectivity index is 1.83. The molecule has 6 nitrogen and oxygen atoms in total. The Labute approximate surface area is 140 Å². The van der Waals surface area contributed by atoms with E-state index >= 15 is 0 Å². The van der Waals surface area contributed by atoms with E-state index in [1.807, 2.05) is 30.5 Å². The summed E-state index contributed by atoms with van der Waals surface area (Å²) in [6.07, 6.45) is 4.86. The number of carbonyl (C=O) groups is 2. The van der Waals surface area contributed by atoms with Gasteiger partial charge in [-0.15, -0.1) is 0 Å². The molecule has 1 unspecified atom stereocenters. The maximum atomic E-state index is 13.0. The fourth-order valence-corrected chi connectivity index (χ4v) is 3.19. The van der Waals surface area contributed by atoms with Gasteiger partial charge in [-0.05, 0) is 37.5 Å². The van der Waals surface area contributed by atoms with Gasteiger partial charge in [-0.3, -0.25) is 14.3 Å². The first kappa shape index (κ1) is 16.2. The highest BCUT2D eigenvalue weighted by Gasteiger charge is 2.39.